The zero-order valence-electron chi connectivity index (χ0n) is 5.83. The third-order valence-corrected chi connectivity index (χ3v) is 0.886. The van der Waals surface area contributed by atoms with Crippen molar-refractivity contribution in [1.29, 1.82) is 0 Å². The number of carboxylic acids is 1. The minimum Gasteiger partial charge on any atom is -0.480 e. The maximum atomic E-state index is 10.1. The fourth-order valence-corrected chi connectivity index (χ4v) is 0.463. The fraction of sp³-hybridized carbons (Fsp3) is 0.500. The summed E-state index contributed by atoms with van der Waals surface area (Å²) < 4.78 is 0. The van der Waals surface area contributed by atoms with Crippen LogP contribution >= 0.6 is 12.4 Å². The molecular formula is C6H12ClNO2. The molecule has 3 nitrogen and oxygen atoms in total. The number of aliphatic carboxylic acids is 1. The van der Waals surface area contributed by atoms with E-state index in [9.17, 15) is 4.79 Å². The van der Waals surface area contributed by atoms with Crippen LogP contribution in [0.25, 0.3) is 0 Å². The van der Waals surface area contributed by atoms with Gasteiger partial charge in [0.05, 0.1) is 0 Å². The third kappa shape index (κ3) is 5.59. The number of nitrogens with two attached hydrogens (primary N) is 1. The van der Waals surface area contributed by atoms with E-state index in [0.29, 0.717) is 6.42 Å². The standard InChI is InChI=1S/C6H11NO2.ClH/c1-4(2)3-5(7)6(8)9;/h5H,1,3,7H2,2H3,(H,8,9);1H. The molecule has 0 aromatic carbocycles. The average Bonchev–Trinajstić information content (AvgIpc) is 1.63. The van der Waals surface area contributed by atoms with Crippen LogP contribution in [0.15, 0.2) is 12.2 Å². The van der Waals surface area contributed by atoms with E-state index >= 15 is 0 Å². The van der Waals surface area contributed by atoms with Gasteiger partial charge in [0.15, 0.2) is 0 Å². The zero-order chi connectivity index (χ0) is 7.44. The Balaban J connectivity index is 0. The van der Waals surface area contributed by atoms with Gasteiger partial charge in [0, 0.05) is 0 Å². The van der Waals surface area contributed by atoms with Crippen molar-refractivity contribution in [1.82, 2.24) is 0 Å². The highest BCUT2D eigenvalue weighted by atomic mass is 35.5. The van der Waals surface area contributed by atoms with E-state index < -0.39 is 12.0 Å². The van der Waals surface area contributed by atoms with Gasteiger partial charge in [0.2, 0.25) is 0 Å². The normalized spacial score (nSPS) is 11.4. The van der Waals surface area contributed by atoms with Gasteiger partial charge in [-0.3, -0.25) is 4.79 Å². The summed E-state index contributed by atoms with van der Waals surface area (Å²) in [6.07, 6.45) is 0.356. The van der Waals surface area contributed by atoms with Gasteiger partial charge in [-0.15, -0.1) is 19.0 Å². The van der Waals surface area contributed by atoms with Gasteiger partial charge < -0.3 is 10.8 Å². The second-order valence-electron chi connectivity index (χ2n) is 2.11. The molecule has 0 saturated heterocycles. The van der Waals surface area contributed by atoms with E-state index in [1.807, 2.05) is 0 Å². The first kappa shape index (κ1) is 12.2. The van der Waals surface area contributed by atoms with Crippen molar-refractivity contribution in [2.45, 2.75) is 19.4 Å². The average molecular weight is 166 g/mol. The lowest BCUT2D eigenvalue weighted by atomic mass is 10.1. The molecule has 4 heteroatoms. The predicted molar refractivity (Wildman–Crippen MR) is 42.3 cm³/mol. The summed E-state index contributed by atoms with van der Waals surface area (Å²) in [5.74, 6) is -0.974. The lowest BCUT2D eigenvalue weighted by Crippen LogP contribution is -2.29. The summed E-state index contributed by atoms with van der Waals surface area (Å²) in [4.78, 5) is 10.1. The summed E-state index contributed by atoms with van der Waals surface area (Å²) >= 11 is 0. The number of carboxylic acid groups (broad SMARTS) is 1. The molecule has 0 aliphatic carbocycles. The summed E-state index contributed by atoms with van der Waals surface area (Å²) in [5.41, 5.74) is 5.95. The van der Waals surface area contributed by atoms with Crippen LogP contribution in [-0.2, 0) is 4.79 Å². The van der Waals surface area contributed by atoms with Crippen molar-refractivity contribution in [2.24, 2.45) is 5.73 Å². The smallest absolute Gasteiger partial charge is 0.320 e. The van der Waals surface area contributed by atoms with Crippen LogP contribution in [0.2, 0.25) is 0 Å². The van der Waals surface area contributed by atoms with Crippen LogP contribution in [-0.4, -0.2) is 17.1 Å². The summed E-state index contributed by atoms with van der Waals surface area (Å²) in [5, 5.41) is 8.26. The largest absolute Gasteiger partial charge is 0.480 e. The zero-order valence-corrected chi connectivity index (χ0v) is 6.65. The topological polar surface area (TPSA) is 63.3 Å². The molecule has 3 N–H and O–H groups in total. The monoisotopic (exact) mass is 165 g/mol. The van der Waals surface area contributed by atoms with Gasteiger partial charge >= 0.3 is 5.97 Å². The Morgan fingerprint density at radius 2 is 2.20 bits per heavy atom. The van der Waals surface area contributed by atoms with Crippen LogP contribution in [0.5, 0.6) is 0 Å². The van der Waals surface area contributed by atoms with Crippen LogP contribution < -0.4 is 5.73 Å². The molecule has 0 aromatic heterocycles. The quantitative estimate of drug-likeness (QED) is 0.608. The van der Waals surface area contributed by atoms with Crippen molar-refractivity contribution >= 4 is 18.4 Å². The Hall–Kier alpha value is -0.540. The van der Waals surface area contributed by atoms with Crippen LogP contribution in [0, 0.1) is 0 Å². The van der Waals surface area contributed by atoms with Crippen molar-refractivity contribution in [3.63, 3.8) is 0 Å². The van der Waals surface area contributed by atoms with Crippen molar-refractivity contribution in [3.05, 3.63) is 12.2 Å². The first-order chi connectivity index (χ1) is 4.04. The van der Waals surface area contributed by atoms with E-state index in [1.54, 1.807) is 6.92 Å². The van der Waals surface area contributed by atoms with E-state index in [4.69, 9.17) is 10.8 Å². The Morgan fingerprint density at radius 3 is 2.30 bits per heavy atom. The van der Waals surface area contributed by atoms with E-state index in [0.717, 1.165) is 5.57 Å². The minimum absolute atomic E-state index is 0. The summed E-state index contributed by atoms with van der Waals surface area (Å²) in [6.45, 7) is 5.29. The van der Waals surface area contributed by atoms with Crippen molar-refractivity contribution in [2.75, 3.05) is 0 Å². The van der Waals surface area contributed by atoms with Gasteiger partial charge in [-0.25, -0.2) is 0 Å². The van der Waals surface area contributed by atoms with Crippen LogP contribution in [0.3, 0.4) is 0 Å². The van der Waals surface area contributed by atoms with Gasteiger partial charge in [0.1, 0.15) is 6.04 Å². The Morgan fingerprint density at radius 1 is 1.80 bits per heavy atom. The molecular weight excluding hydrogens is 154 g/mol. The summed E-state index contributed by atoms with van der Waals surface area (Å²) in [7, 11) is 0. The first-order valence-electron chi connectivity index (χ1n) is 2.67. The maximum Gasteiger partial charge on any atom is 0.320 e. The van der Waals surface area contributed by atoms with E-state index in [1.165, 1.54) is 0 Å². The third-order valence-electron chi connectivity index (χ3n) is 0.886. The minimum atomic E-state index is -0.974. The number of carbonyl (C=O) groups is 1. The molecule has 0 rings (SSSR count). The molecule has 1 atom stereocenters. The number of hydrogen-bond acceptors (Lipinski definition) is 2. The Bertz CT molecular complexity index is 136. The predicted octanol–water partition coefficient (Wildman–Crippen LogP) is 0.786. The lowest BCUT2D eigenvalue weighted by molar-refractivity contribution is -0.138. The molecule has 0 spiro atoms. The van der Waals surface area contributed by atoms with Gasteiger partial charge in [0.25, 0.3) is 0 Å². The molecule has 0 bridgehead atoms. The van der Waals surface area contributed by atoms with Crippen molar-refractivity contribution in [3.8, 4) is 0 Å². The van der Waals surface area contributed by atoms with Crippen LogP contribution in [0.4, 0.5) is 0 Å². The fourth-order valence-electron chi connectivity index (χ4n) is 0.463. The highest BCUT2D eigenvalue weighted by Crippen LogP contribution is 1.98. The molecule has 0 aliphatic heterocycles. The van der Waals surface area contributed by atoms with Gasteiger partial charge in [-0.2, -0.15) is 0 Å². The molecule has 0 heterocycles. The molecule has 0 aromatic rings. The lowest BCUT2D eigenvalue weighted by Gasteiger charge is -2.03. The first-order valence-corrected chi connectivity index (χ1v) is 2.67. The molecule has 60 valence electrons. The van der Waals surface area contributed by atoms with Crippen LogP contribution in [0.1, 0.15) is 13.3 Å². The molecule has 0 radical (unpaired) electrons. The van der Waals surface area contributed by atoms with Gasteiger partial charge in [-0.05, 0) is 13.3 Å². The highest BCUT2D eigenvalue weighted by molar-refractivity contribution is 5.85. The van der Waals surface area contributed by atoms with E-state index in [-0.39, 0.29) is 12.4 Å². The Kier molecular flexibility index (Phi) is 6.40. The SMILES string of the molecule is C=C(C)CC(N)C(=O)O.Cl. The van der Waals surface area contributed by atoms with E-state index in [2.05, 4.69) is 6.58 Å². The second kappa shape index (κ2) is 5.26. The summed E-state index contributed by atoms with van der Waals surface area (Å²) in [6, 6.07) is -0.789. The molecule has 0 amide bonds. The molecule has 0 fully saturated rings. The number of halogens is 1. The number of rotatable bonds is 3. The van der Waals surface area contributed by atoms with Crippen molar-refractivity contribution < 1.29 is 9.90 Å². The molecule has 1 unspecified atom stereocenters. The Labute approximate surface area is 66.3 Å². The molecule has 0 saturated carbocycles. The second-order valence-corrected chi connectivity index (χ2v) is 2.11. The maximum absolute atomic E-state index is 10.1. The molecule has 10 heavy (non-hydrogen) atoms. The highest BCUT2D eigenvalue weighted by Gasteiger charge is 2.09. The molecule has 0 aliphatic rings. The number of hydrogen-bond donors (Lipinski definition) is 2. The van der Waals surface area contributed by atoms with Gasteiger partial charge in [-0.1, -0.05) is 5.57 Å².